The summed E-state index contributed by atoms with van der Waals surface area (Å²) in [5.41, 5.74) is 4.93. The van der Waals surface area contributed by atoms with Gasteiger partial charge >= 0.3 is 0 Å². The van der Waals surface area contributed by atoms with Crippen LogP contribution in [0, 0.1) is 37.5 Å². The second kappa shape index (κ2) is 7.98. The molecule has 0 aliphatic heterocycles. The third kappa shape index (κ3) is 3.94. The minimum absolute atomic E-state index is 0.149. The van der Waals surface area contributed by atoms with E-state index in [2.05, 4.69) is 61.6 Å². The predicted molar refractivity (Wildman–Crippen MR) is 112 cm³/mol. The van der Waals surface area contributed by atoms with Crippen molar-refractivity contribution in [2.75, 3.05) is 7.11 Å². The summed E-state index contributed by atoms with van der Waals surface area (Å²) in [7, 11) is 1.72. The van der Waals surface area contributed by atoms with Crippen LogP contribution in [0.25, 0.3) is 0 Å². The zero-order chi connectivity index (χ0) is 19.7. The number of carbonyl (C=O) groups excluding carboxylic acids is 1. The molecule has 148 valence electrons. The van der Waals surface area contributed by atoms with E-state index in [0.29, 0.717) is 24.3 Å². The quantitative estimate of drug-likeness (QED) is 0.783. The molecule has 2 fully saturated rings. The third-order valence-corrected chi connectivity index (χ3v) is 6.80. The Labute approximate surface area is 168 Å². The molecule has 1 amide bonds. The van der Waals surface area contributed by atoms with E-state index in [1.54, 1.807) is 7.11 Å². The summed E-state index contributed by atoms with van der Waals surface area (Å²) < 4.78 is 5.45. The van der Waals surface area contributed by atoms with E-state index in [0.717, 1.165) is 12.2 Å². The number of ether oxygens (including phenoxy) is 1. The molecular weight excluding hydrogens is 346 g/mol. The summed E-state index contributed by atoms with van der Waals surface area (Å²) >= 11 is 0. The standard InChI is InChI=1S/C25H31NO2/c1-16-4-6-18(7-5-16)15-26-25(27)24-21-9-8-20(14-21)23(24)13-19-10-17(2)11-22(12-19)28-3/h4-7,10-12,20-21,23-24H,8-9,13-15H2,1-3H3,(H,26,27). The van der Waals surface area contributed by atoms with Gasteiger partial charge in [-0.05, 0) is 86.1 Å². The molecular formula is C25H31NO2. The molecule has 3 nitrogen and oxygen atoms in total. The van der Waals surface area contributed by atoms with E-state index in [4.69, 9.17) is 4.74 Å². The lowest BCUT2D eigenvalue weighted by Gasteiger charge is -2.30. The number of rotatable bonds is 6. The Morgan fingerprint density at radius 2 is 1.75 bits per heavy atom. The molecule has 0 radical (unpaired) electrons. The first-order chi connectivity index (χ1) is 13.5. The molecule has 0 aromatic heterocycles. The van der Waals surface area contributed by atoms with Gasteiger partial charge in [0.05, 0.1) is 7.11 Å². The number of hydrogen-bond acceptors (Lipinski definition) is 2. The second-order valence-electron chi connectivity index (χ2n) is 8.79. The zero-order valence-corrected chi connectivity index (χ0v) is 17.2. The van der Waals surface area contributed by atoms with Crippen LogP contribution in [0.4, 0.5) is 0 Å². The number of fused-ring (bicyclic) bond motifs is 2. The van der Waals surface area contributed by atoms with Gasteiger partial charge in [0.25, 0.3) is 0 Å². The van der Waals surface area contributed by atoms with Gasteiger partial charge in [-0.25, -0.2) is 0 Å². The van der Waals surface area contributed by atoms with Crippen LogP contribution in [-0.2, 0) is 17.8 Å². The average molecular weight is 378 g/mol. The Bertz CT molecular complexity index is 842. The fourth-order valence-electron chi connectivity index (χ4n) is 5.46. The van der Waals surface area contributed by atoms with Gasteiger partial charge in [0.15, 0.2) is 0 Å². The van der Waals surface area contributed by atoms with E-state index in [1.807, 2.05) is 0 Å². The van der Waals surface area contributed by atoms with Crippen LogP contribution in [0.5, 0.6) is 5.75 Å². The van der Waals surface area contributed by atoms with Gasteiger partial charge in [-0.2, -0.15) is 0 Å². The predicted octanol–water partition coefficient (Wildman–Crippen LogP) is 4.83. The largest absolute Gasteiger partial charge is 0.497 e. The normalized spacial score (nSPS) is 25.7. The lowest BCUT2D eigenvalue weighted by atomic mass is 9.75. The summed E-state index contributed by atoms with van der Waals surface area (Å²) in [6.45, 7) is 4.82. The number of nitrogens with one attached hydrogen (secondary N) is 1. The number of aryl methyl sites for hydroxylation is 2. The summed E-state index contributed by atoms with van der Waals surface area (Å²) in [5, 5.41) is 3.23. The number of benzene rings is 2. The van der Waals surface area contributed by atoms with Gasteiger partial charge in [-0.1, -0.05) is 35.9 Å². The molecule has 4 unspecified atom stereocenters. The topological polar surface area (TPSA) is 38.3 Å². The Hall–Kier alpha value is -2.29. The highest BCUT2D eigenvalue weighted by Crippen LogP contribution is 2.53. The van der Waals surface area contributed by atoms with Crippen LogP contribution < -0.4 is 10.1 Å². The molecule has 0 spiro atoms. The van der Waals surface area contributed by atoms with Gasteiger partial charge < -0.3 is 10.1 Å². The molecule has 28 heavy (non-hydrogen) atoms. The van der Waals surface area contributed by atoms with E-state index in [-0.39, 0.29) is 11.8 Å². The Morgan fingerprint density at radius 3 is 2.50 bits per heavy atom. The number of methoxy groups -OCH3 is 1. The maximum absolute atomic E-state index is 13.1. The first kappa shape index (κ1) is 19.0. The summed E-state index contributed by atoms with van der Waals surface area (Å²) in [5.74, 6) is 3.00. The summed E-state index contributed by atoms with van der Waals surface area (Å²) in [4.78, 5) is 13.1. The molecule has 2 aromatic carbocycles. The van der Waals surface area contributed by atoms with E-state index in [1.165, 1.54) is 41.5 Å². The number of hydrogen-bond donors (Lipinski definition) is 1. The van der Waals surface area contributed by atoms with Gasteiger partial charge in [0.2, 0.25) is 5.91 Å². The lowest BCUT2D eigenvalue weighted by Crippen LogP contribution is -2.38. The Balaban J connectivity index is 1.46. The smallest absolute Gasteiger partial charge is 0.223 e. The van der Waals surface area contributed by atoms with Crippen molar-refractivity contribution in [3.63, 3.8) is 0 Å². The van der Waals surface area contributed by atoms with Gasteiger partial charge in [-0.15, -0.1) is 0 Å². The van der Waals surface area contributed by atoms with Crippen LogP contribution in [-0.4, -0.2) is 13.0 Å². The van der Waals surface area contributed by atoms with Crippen LogP contribution in [0.2, 0.25) is 0 Å². The van der Waals surface area contributed by atoms with Crippen molar-refractivity contribution in [2.24, 2.45) is 23.7 Å². The van der Waals surface area contributed by atoms with Crippen molar-refractivity contribution in [3.05, 3.63) is 64.7 Å². The maximum Gasteiger partial charge on any atom is 0.223 e. The summed E-state index contributed by atoms with van der Waals surface area (Å²) in [6.07, 6.45) is 4.68. The minimum atomic E-state index is 0.149. The molecule has 2 aliphatic carbocycles. The van der Waals surface area contributed by atoms with Crippen LogP contribution in [0.1, 0.15) is 41.5 Å². The first-order valence-corrected chi connectivity index (χ1v) is 10.5. The van der Waals surface area contributed by atoms with Crippen molar-refractivity contribution in [3.8, 4) is 5.75 Å². The van der Waals surface area contributed by atoms with Crippen LogP contribution in [0.15, 0.2) is 42.5 Å². The first-order valence-electron chi connectivity index (χ1n) is 10.5. The zero-order valence-electron chi connectivity index (χ0n) is 17.2. The van der Waals surface area contributed by atoms with Crippen molar-refractivity contribution in [1.29, 1.82) is 0 Å². The van der Waals surface area contributed by atoms with Crippen molar-refractivity contribution >= 4 is 5.91 Å². The van der Waals surface area contributed by atoms with E-state index < -0.39 is 0 Å². The van der Waals surface area contributed by atoms with E-state index in [9.17, 15) is 4.79 Å². The minimum Gasteiger partial charge on any atom is -0.497 e. The molecule has 4 rings (SSSR count). The monoisotopic (exact) mass is 377 g/mol. The maximum atomic E-state index is 13.1. The molecule has 0 saturated heterocycles. The highest BCUT2D eigenvalue weighted by Gasteiger charge is 2.50. The van der Waals surface area contributed by atoms with Gasteiger partial charge in [0, 0.05) is 12.5 Å². The lowest BCUT2D eigenvalue weighted by molar-refractivity contribution is -0.128. The van der Waals surface area contributed by atoms with Crippen LogP contribution >= 0.6 is 0 Å². The molecule has 2 aliphatic rings. The van der Waals surface area contributed by atoms with Crippen LogP contribution in [0.3, 0.4) is 0 Å². The molecule has 2 aromatic rings. The summed E-state index contributed by atoms with van der Waals surface area (Å²) in [6, 6.07) is 14.9. The van der Waals surface area contributed by atoms with Crippen molar-refractivity contribution < 1.29 is 9.53 Å². The highest BCUT2D eigenvalue weighted by molar-refractivity contribution is 5.80. The molecule has 2 bridgehead atoms. The fraction of sp³-hybridized carbons (Fsp3) is 0.480. The number of amides is 1. The Morgan fingerprint density at radius 1 is 1.00 bits per heavy atom. The number of carbonyl (C=O) groups is 1. The van der Waals surface area contributed by atoms with Crippen molar-refractivity contribution in [2.45, 2.75) is 46.1 Å². The molecule has 4 atom stereocenters. The average Bonchev–Trinajstić information content (AvgIpc) is 3.28. The van der Waals surface area contributed by atoms with E-state index >= 15 is 0 Å². The molecule has 3 heteroatoms. The molecule has 1 N–H and O–H groups in total. The SMILES string of the molecule is COc1cc(C)cc(CC2C3CCC(C3)C2C(=O)NCc2ccc(C)cc2)c1. The van der Waals surface area contributed by atoms with Gasteiger partial charge in [-0.3, -0.25) is 4.79 Å². The fourth-order valence-corrected chi connectivity index (χ4v) is 5.46. The highest BCUT2D eigenvalue weighted by atomic mass is 16.5. The Kier molecular flexibility index (Phi) is 5.43. The molecule has 2 saturated carbocycles. The molecule has 0 heterocycles. The van der Waals surface area contributed by atoms with Gasteiger partial charge in [0.1, 0.15) is 5.75 Å². The van der Waals surface area contributed by atoms with Crippen molar-refractivity contribution in [1.82, 2.24) is 5.32 Å². The third-order valence-electron chi connectivity index (χ3n) is 6.80. The second-order valence-corrected chi connectivity index (χ2v) is 8.79.